The molecule has 0 aliphatic carbocycles. The minimum Gasteiger partial charge on any atom is -0.375 e. The van der Waals surface area contributed by atoms with E-state index in [2.05, 4.69) is 10.3 Å². The highest BCUT2D eigenvalue weighted by Gasteiger charge is 2.43. The Morgan fingerprint density at radius 1 is 1.62 bits per heavy atom. The van der Waals surface area contributed by atoms with E-state index >= 15 is 0 Å². The van der Waals surface area contributed by atoms with Gasteiger partial charge in [-0.25, -0.2) is 0 Å². The number of ether oxygens (including phenoxy) is 1. The molecular weight excluding hydrogens is 204 g/mol. The molecule has 0 spiro atoms. The van der Waals surface area contributed by atoms with Crippen LogP contribution >= 0.6 is 0 Å². The monoisotopic (exact) mass is 222 g/mol. The molecule has 0 saturated carbocycles. The van der Waals surface area contributed by atoms with E-state index in [1.807, 2.05) is 13.2 Å². The van der Waals surface area contributed by atoms with Crippen LogP contribution in [0, 0.1) is 5.92 Å². The van der Waals surface area contributed by atoms with Crippen molar-refractivity contribution in [2.75, 3.05) is 0 Å². The van der Waals surface area contributed by atoms with Crippen LogP contribution in [-0.2, 0) is 18.2 Å². The predicted octanol–water partition coefficient (Wildman–Crippen LogP) is 0.252. The van der Waals surface area contributed by atoms with Gasteiger partial charge in [-0.3, -0.25) is 4.68 Å². The summed E-state index contributed by atoms with van der Waals surface area (Å²) in [5.74, 6) is 0.515. The normalized spacial score (nSPS) is 34.5. The third kappa shape index (κ3) is 1.74. The summed E-state index contributed by atoms with van der Waals surface area (Å²) in [6.45, 7) is 0. The second kappa shape index (κ2) is 3.82. The van der Waals surface area contributed by atoms with Gasteiger partial charge in [-0.15, -0.1) is 5.10 Å². The maximum Gasteiger partial charge on any atom is 0.0842 e. The Hall–Kier alpha value is -0.940. The Kier molecular flexibility index (Phi) is 2.44. The molecule has 88 valence electrons. The molecule has 3 rings (SSSR count). The number of nitrogens with two attached hydrogens (primary N) is 1. The highest BCUT2D eigenvalue weighted by molar-refractivity contribution is 5.01. The SMILES string of the molecule is Cn1cc(CC(N)C2CC3CCC2O3)nn1. The van der Waals surface area contributed by atoms with E-state index in [1.54, 1.807) is 4.68 Å². The standard InChI is InChI=1S/C11H18N4O/c1-15-6-7(13-14-15)4-10(12)9-5-8-2-3-11(9)16-8/h6,8-11H,2-5,12H2,1H3. The number of nitrogens with zero attached hydrogens (tertiary/aromatic N) is 3. The second-order valence-electron chi connectivity index (χ2n) is 5.02. The van der Waals surface area contributed by atoms with E-state index in [0.717, 1.165) is 18.5 Å². The van der Waals surface area contributed by atoms with Gasteiger partial charge in [0.2, 0.25) is 0 Å². The van der Waals surface area contributed by atoms with Crippen molar-refractivity contribution in [1.29, 1.82) is 0 Å². The smallest absolute Gasteiger partial charge is 0.0842 e. The fourth-order valence-electron chi connectivity index (χ4n) is 3.01. The highest BCUT2D eigenvalue weighted by Crippen LogP contribution is 2.40. The van der Waals surface area contributed by atoms with Gasteiger partial charge in [-0.1, -0.05) is 5.21 Å². The molecule has 5 heteroatoms. The van der Waals surface area contributed by atoms with Crippen LogP contribution in [-0.4, -0.2) is 33.2 Å². The average molecular weight is 222 g/mol. The molecule has 0 aromatic carbocycles. The molecule has 5 nitrogen and oxygen atoms in total. The molecule has 0 amide bonds. The van der Waals surface area contributed by atoms with Crippen LogP contribution < -0.4 is 5.73 Å². The molecule has 3 heterocycles. The van der Waals surface area contributed by atoms with Crippen molar-refractivity contribution in [3.63, 3.8) is 0 Å². The lowest BCUT2D eigenvalue weighted by Crippen LogP contribution is -2.38. The molecule has 2 fully saturated rings. The first-order valence-electron chi connectivity index (χ1n) is 5.98. The van der Waals surface area contributed by atoms with Gasteiger partial charge < -0.3 is 10.5 Å². The summed E-state index contributed by atoms with van der Waals surface area (Å²) in [5.41, 5.74) is 7.23. The Labute approximate surface area is 95.0 Å². The molecule has 16 heavy (non-hydrogen) atoms. The van der Waals surface area contributed by atoms with Crippen LogP contribution in [0.25, 0.3) is 0 Å². The summed E-state index contributed by atoms with van der Waals surface area (Å²) in [6, 6.07) is 0.159. The van der Waals surface area contributed by atoms with E-state index in [-0.39, 0.29) is 6.04 Å². The lowest BCUT2D eigenvalue weighted by atomic mass is 9.82. The van der Waals surface area contributed by atoms with Gasteiger partial charge in [0.1, 0.15) is 0 Å². The van der Waals surface area contributed by atoms with Gasteiger partial charge in [0.25, 0.3) is 0 Å². The van der Waals surface area contributed by atoms with Crippen LogP contribution in [0.2, 0.25) is 0 Å². The van der Waals surface area contributed by atoms with Crippen molar-refractivity contribution in [2.24, 2.45) is 18.7 Å². The van der Waals surface area contributed by atoms with E-state index in [4.69, 9.17) is 10.5 Å². The Morgan fingerprint density at radius 2 is 2.50 bits per heavy atom. The van der Waals surface area contributed by atoms with Gasteiger partial charge in [0.15, 0.2) is 0 Å². The summed E-state index contributed by atoms with van der Waals surface area (Å²) < 4.78 is 7.55. The van der Waals surface area contributed by atoms with E-state index in [9.17, 15) is 0 Å². The van der Waals surface area contributed by atoms with Gasteiger partial charge >= 0.3 is 0 Å². The van der Waals surface area contributed by atoms with E-state index < -0.39 is 0 Å². The van der Waals surface area contributed by atoms with E-state index in [1.165, 1.54) is 12.8 Å². The number of aryl methyl sites for hydroxylation is 1. The quantitative estimate of drug-likeness (QED) is 0.796. The summed E-state index contributed by atoms with van der Waals surface area (Å²) in [6.07, 6.45) is 7.16. The minimum atomic E-state index is 0.159. The number of fused-ring (bicyclic) bond motifs is 2. The molecule has 1 aromatic rings. The predicted molar refractivity (Wildman–Crippen MR) is 58.7 cm³/mol. The third-order valence-electron chi connectivity index (χ3n) is 3.80. The van der Waals surface area contributed by atoms with Crippen LogP contribution in [0.1, 0.15) is 25.0 Å². The average Bonchev–Trinajstić information content (AvgIpc) is 2.93. The van der Waals surface area contributed by atoms with Crippen molar-refractivity contribution < 1.29 is 4.74 Å². The van der Waals surface area contributed by atoms with Gasteiger partial charge in [-0.05, 0) is 19.3 Å². The second-order valence-corrected chi connectivity index (χ2v) is 5.02. The zero-order valence-electron chi connectivity index (χ0n) is 9.54. The van der Waals surface area contributed by atoms with Crippen molar-refractivity contribution in [2.45, 2.75) is 43.9 Å². The van der Waals surface area contributed by atoms with E-state index in [0.29, 0.717) is 18.1 Å². The lowest BCUT2D eigenvalue weighted by molar-refractivity contribution is 0.0884. The topological polar surface area (TPSA) is 66.0 Å². The minimum absolute atomic E-state index is 0.159. The molecule has 0 radical (unpaired) electrons. The first-order chi connectivity index (χ1) is 7.72. The third-order valence-corrected chi connectivity index (χ3v) is 3.80. The van der Waals surface area contributed by atoms with Crippen LogP contribution in [0.4, 0.5) is 0 Å². The van der Waals surface area contributed by atoms with Crippen molar-refractivity contribution in [3.05, 3.63) is 11.9 Å². The Bertz CT molecular complexity index is 378. The van der Waals surface area contributed by atoms with Gasteiger partial charge in [0, 0.05) is 31.6 Å². The zero-order valence-corrected chi connectivity index (χ0v) is 9.54. The zero-order chi connectivity index (χ0) is 11.1. The van der Waals surface area contributed by atoms with Gasteiger partial charge in [0.05, 0.1) is 17.9 Å². The number of aromatic nitrogens is 3. The maximum absolute atomic E-state index is 6.25. The van der Waals surface area contributed by atoms with Crippen molar-refractivity contribution >= 4 is 0 Å². The maximum atomic E-state index is 6.25. The van der Waals surface area contributed by atoms with Crippen molar-refractivity contribution in [1.82, 2.24) is 15.0 Å². The number of hydrogen-bond acceptors (Lipinski definition) is 4. The Balaban J connectivity index is 1.63. The number of rotatable bonds is 3. The first-order valence-corrected chi connectivity index (χ1v) is 5.98. The van der Waals surface area contributed by atoms with Crippen LogP contribution in [0.5, 0.6) is 0 Å². The van der Waals surface area contributed by atoms with Gasteiger partial charge in [-0.2, -0.15) is 0 Å². The van der Waals surface area contributed by atoms with Crippen LogP contribution in [0.15, 0.2) is 6.20 Å². The molecular formula is C11H18N4O. The summed E-state index contributed by atoms with van der Waals surface area (Å²) in [7, 11) is 1.88. The molecule has 4 unspecified atom stereocenters. The Morgan fingerprint density at radius 3 is 3.06 bits per heavy atom. The molecule has 2 N–H and O–H groups in total. The van der Waals surface area contributed by atoms with Crippen LogP contribution in [0.3, 0.4) is 0 Å². The fourth-order valence-corrected chi connectivity index (χ4v) is 3.01. The molecule has 2 aliphatic rings. The molecule has 4 atom stereocenters. The summed E-state index contributed by atoms with van der Waals surface area (Å²) in [4.78, 5) is 0. The summed E-state index contributed by atoms with van der Waals surface area (Å²) in [5, 5.41) is 8.01. The van der Waals surface area contributed by atoms with Crippen molar-refractivity contribution in [3.8, 4) is 0 Å². The fraction of sp³-hybridized carbons (Fsp3) is 0.818. The molecule has 2 aliphatic heterocycles. The molecule has 2 bridgehead atoms. The largest absolute Gasteiger partial charge is 0.375 e. The first kappa shape index (κ1) is 10.2. The molecule has 2 saturated heterocycles. The molecule has 1 aromatic heterocycles. The highest BCUT2D eigenvalue weighted by atomic mass is 16.5. The lowest BCUT2D eigenvalue weighted by Gasteiger charge is -2.24. The number of hydrogen-bond donors (Lipinski definition) is 1. The summed E-state index contributed by atoms with van der Waals surface area (Å²) >= 11 is 0.